The standard InChI is InChI=1S/C19H24S/c1-4-5-6-9-16-11-12-18(15(3)19(16)20)17-10-7-8-14(2)13-17/h7-8,10-13,20H,4-6,9H2,1-3H3. The van der Waals surface area contributed by atoms with E-state index in [0.29, 0.717) is 0 Å². The molecule has 2 aromatic carbocycles. The number of rotatable bonds is 5. The number of aryl methyl sites for hydroxylation is 2. The molecule has 1 heteroatoms. The van der Waals surface area contributed by atoms with Gasteiger partial charge in [0, 0.05) is 4.90 Å². The Morgan fingerprint density at radius 3 is 2.50 bits per heavy atom. The van der Waals surface area contributed by atoms with Crippen LogP contribution < -0.4 is 0 Å². The fourth-order valence-electron chi connectivity index (χ4n) is 2.65. The van der Waals surface area contributed by atoms with Crippen molar-refractivity contribution >= 4 is 12.6 Å². The van der Waals surface area contributed by atoms with Gasteiger partial charge in [0.15, 0.2) is 0 Å². The summed E-state index contributed by atoms with van der Waals surface area (Å²) in [5.74, 6) is 0. The largest absolute Gasteiger partial charge is 0.143 e. The van der Waals surface area contributed by atoms with Gasteiger partial charge in [-0.1, -0.05) is 61.7 Å². The third-order valence-electron chi connectivity index (χ3n) is 3.89. The lowest BCUT2D eigenvalue weighted by molar-refractivity contribution is 0.711. The summed E-state index contributed by atoms with van der Waals surface area (Å²) in [6, 6.07) is 13.2. The molecule has 0 bridgehead atoms. The summed E-state index contributed by atoms with van der Waals surface area (Å²) in [6.45, 7) is 6.57. The van der Waals surface area contributed by atoms with E-state index in [9.17, 15) is 0 Å². The molecule has 0 radical (unpaired) electrons. The predicted molar refractivity (Wildman–Crippen MR) is 91.8 cm³/mol. The Balaban J connectivity index is 2.31. The second-order valence-electron chi connectivity index (χ2n) is 5.57. The maximum absolute atomic E-state index is 4.76. The first-order chi connectivity index (χ1) is 9.63. The van der Waals surface area contributed by atoms with E-state index in [1.807, 2.05) is 0 Å². The van der Waals surface area contributed by atoms with Gasteiger partial charge in [-0.2, -0.15) is 0 Å². The van der Waals surface area contributed by atoms with Gasteiger partial charge in [0.05, 0.1) is 0 Å². The van der Waals surface area contributed by atoms with Crippen molar-refractivity contribution in [2.75, 3.05) is 0 Å². The zero-order valence-electron chi connectivity index (χ0n) is 12.7. The van der Waals surface area contributed by atoms with Gasteiger partial charge >= 0.3 is 0 Å². The van der Waals surface area contributed by atoms with Crippen LogP contribution in [0.25, 0.3) is 11.1 Å². The van der Waals surface area contributed by atoms with Crippen LogP contribution in [-0.4, -0.2) is 0 Å². The van der Waals surface area contributed by atoms with Crippen LogP contribution >= 0.6 is 12.6 Å². The number of hydrogen-bond acceptors (Lipinski definition) is 1. The lowest BCUT2D eigenvalue weighted by Gasteiger charge is -2.13. The summed E-state index contributed by atoms with van der Waals surface area (Å²) >= 11 is 4.76. The van der Waals surface area contributed by atoms with Crippen molar-refractivity contribution in [3.05, 3.63) is 53.1 Å². The maximum atomic E-state index is 4.76. The summed E-state index contributed by atoms with van der Waals surface area (Å²) in [7, 11) is 0. The smallest absolute Gasteiger partial charge is 0.0107 e. The van der Waals surface area contributed by atoms with Crippen LogP contribution in [0.2, 0.25) is 0 Å². The molecule has 0 aromatic heterocycles. The molecule has 0 nitrogen and oxygen atoms in total. The van der Waals surface area contributed by atoms with Gasteiger partial charge in [-0.15, -0.1) is 12.6 Å². The first-order valence-electron chi connectivity index (χ1n) is 7.52. The molecule has 0 saturated heterocycles. The van der Waals surface area contributed by atoms with E-state index in [2.05, 4.69) is 57.2 Å². The van der Waals surface area contributed by atoms with Crippen LogP contribution in [0.4, 0.5) is 0 Å². The van der Waals surface area contributed by atoms with Gasteiger partial charge in [0.2, 0.25) is 0 Å². The van der Waals surface area contributed by atoms with Crippen molar-refractivity contribution in [2.45, 2.75) is 51.3 Å². The molecule has 0 aliphatic rings. The molecule has 0 unspecified atom stereocenters. The number of unbranched alkanes of at least 4 members (excludes halogenated alkanes) is 2. The third kappa shape index (κ3) is 3.46. The Kier molecular flexibility index (Phi) is 5.31. The molecule has 0 heterocycles. The van der Waals surface area contributed by atoms with Crippen LogP contribution in [0.3, 0.4) is 0 Å². The predicted octanol–water partition coefficient (Wildman–Crippen LogP) is 5.99. The molecule has 0 saturated carbocycles. The number of benzene rings is 2. The van der Waals surface area contributed by atoms with Crippen LogP contribution in [0.1, 0.15) is 42.9 Å². The monoisotopic (exact) mass is 284 g/mol. The van der Waals surface area contributed by atoms with Gasteiger partial charge < -0.3 is 0 Å². The summed E-state index contributed by atoms with van der Waals surface area (Å²) in [6.07, 6.45) is 4.96. The van der Waals surface area contributed by atoms with Crippen LogP contribution in [-0.2, 0) is 6.42 Å². The molecule has 2 aromatic rings. The Hall–Kier alpha value is -1.21. The van der Waals surface area contributed by atoms with E-state index in [1.165, 1.54) is 52.0 Å². The van der Waals surface area contributed by atoms with Crippen molar-refractivity contribution in [2.24, 2.45) is 0 Å². The van der Waals surface area contributed by atoms with Crippen molar-refractivity contribution in [3.63, 3.8) is 0 Å². The van der Waals surface area contributed by atoms with Crippen LogP contribution in [0.5, 0.6) is 0 Å². The maximum Gasteiger partial charge on any atom is 0.0107 e. The second kappa shape index (κ2) is 6.99. The molecule has 0 aliphatic carbocycles. The molecular weight excluding hydrogens is 260 g/mol. The minimum atomic E-state index is 1.14. The first-order valence-corrected chi connectivity index (χ1v) is 7.96. The van der Waals surface area contributed by atoms with E-state index in [1.54, 1.807) is 0 Å². The van der Waals surface area contributed by atoms with Crippen molar-refractivity contribution in [1.82, 2.24) is 0 Å². The van der Waals surface area contributed by atoms with Crippen LogP contribution in [0, 0.1) is 13.8 Å². The molecule has 0 amide bonds. The van der Waals surface area contributed by atoms with Crippen molar-refractivity contribution in [3.8, 4) is 11.1 Å². The van der Waals surface area contributed by atoms with Gasteiger partial charge in [-0.25, -0.2) is 0 Å². The van der Waals surface area contributed by atoms with Gasteiger partial charge in [-0.3, -0.25) is 0 Å². The second-order valence-corrected chi connectivity index (χ2v) is 6.02. The Bertz CT molecular complexity index is 584. The molecular formula is C19H24S. The molecule has 0 atom stereocenters. The Labute approximate surface area is 128 Å². The van der Waals surface area contributed by atoms with Crippen LogP contribution in [0.15, 0.2) is 41.3 Å². The summed E-state index contributed by atoms with van der Waals surface area (Å²) < 4.78 is 0. The summed E-state index contributed by atoms with van der Waals surface area (Å²) in [4.78, 5) is 1.17. The van der Waals surface area contributed by atoms with E-state index in [-0.39, 0.29) is 0 Å². The fraction of sp³-hybridized carbons (Fsp3) is 0.368. The average Bonchev–Trinajstić information content (AvgIpc) is 2.44. The van der Waals surface area contributed by atoms with Crippen molar-refractivity contribution < 1.29 is 0 Å². The van der Waals surface area contributed by atoms with Crippen molar-refractivity contribution in [1.29, 1.82) is 0 Å². The molecule has 2 rings (SSSR count). The van der Waals surface area contributed by atoms with Gasteiger partial charge in [0.25, 0.3) is 0 Å². The van der Waals surface area contributed by atoms with E-state index < -0.39 is 0 Å². The van der Waals surface area contributed by atoms with Gasteiger partial charge in [0.1, 0.15) is 0 Å². The molecule has 0 spiro atoms. The minimum absolute atomic E-state index is 1.14. The Morgan fingerprint density at radius 1 is 1.00 bits per heavy atom. The highest BCUT2D eigenvalue weighted by Crippen LogP contribution is 2.31. The molecule has 0 N–H and O–H groups in total. The number of hydrogen-bond donors (Lipinski definition) is 1. The summed E-state index contributed by atoms with van der Waals surface area (Å²) in [5, 5.41) is 0. The highest BCUT2D eigenvalue weighted by Gasteiger charge is 2.08. The average molecular weight is 284 g/mol. The summed E-state index contributed by atoms with van der Waals surface area (Å²) in [5.41, 5.74) is 6.58. The molecule has 0 fully saturated rings. The molecule has 106 valence electrons. The van der Waals surface area contributed by atoms with Gasteiger partial charge in [-0.05, 0) is 48.9 Å². The highest BCUT2D eigenvalue weighted by atomic mass is 32.1. The highest BCUT2D eigenvalue weighted by molar-refractivity contribution is 7.80. The minimum Gasteiger partial charge on any atom is -0.143 e. The zero-order valence-corrected chi connectivity index (χ0v) is 13.6. The van der Waals surface area contributed by atoms with E-state index in [0.717, 1.165) is 6.42 Å². The van der Waals surface area contributed by atoms with E-state index in [4.69, 9.17) is 12.6 Å². The number of thiol groups is 1. The third-order valence-corrected chi connectivity index (χ3v) is 4.52. The zero-order chi connectivity index (χ0) is 14.5. The fourth-order valence-corrected chi connectivity index (χ4v) is 2.96. The topological polar surface area (TPSA) is 0 Å². The molecule has 20 heavy (non-hydrogen) atoms. The SMILES string of the molecule is CCCCCc1ccc(-c2cccc(C)c2)c(C)c1S. The Morgan fingerprint density at radius 2 is 1.80 bits per heavy atom. The normalized spacial score (nSPS) is 10.8. The lowest BCUT2D eigenvalue weighted by atomic mass is 9.95. The quantitative estimate of drug-likeness (QED) is 0.506. The lowest BCUT2D eigenvalue weighted by Crippen LogP contribution is -1.93. The molecule has 0 aliphatic heterocycles. The van der Waals surface area contributed by atoms with E-state index >= 15 is 0 Å². The first kappa shape index (κ1) is 15.2.